The molecular formula is C7H10O4. The topological polar surface area (TPSA) is 52.6 Å². The number of hydrogen-bond donors (Lipinski definition) is 0. The minimum atomic E-state index is -0.688. The van der Waals surface area contributed by atoms with Crippen LogP contribution in [-0.2, 0) is 19.1 Å². The SMILES string of the molecule is CC(=O)O[C@H]1C(=O)CO[C@@H]1C. The lowest BCUT2D eigenvalue weighted by Gasteiger charge is -2.11. The number of rotatable bonds is 1. The van der Waals surface area contributed by atoms with E-state index in [2.05, 4.69) is 0 Å². The van der Waals surface area contributed by atoms with Gasteiger partial charge in [0.25, 0.3) is 0 Å². The van der Waals surface area contributed by atoms with Crippen molar-refractivity contribution in [1.82, 2.24) is 0 Å². The summed E-state index contributed by atoms with van der Waals surface area (Å²) in [5, 5.41) is 0. The number of Topliss-reactive ketones (excluding diaryl/α,β-unsaturated/α-hetero) is 1. The third-order valence-electron chi connectivity index (χ3n) is 1.53. The third kappa shape index (κ3) is 1.77. The highest BCUT2D eigenvalue weighted by molar-refractivity contribution is 5.88. The number of ether oxygens (including phenoxy) is 2. The van der Waals surface area contributed by atoms with Gasteiger partial charge >= 0.3 is 5.97 Å². The fourth-order valence-corrected chi connectivity index (χ4v) is 0.985. The molecule has 0 spiro atoms. The van der Waals surface area contributed by atoms with E-state index in [9.17, 15) is 9.59 Å². The van der Waals surface area contributed by atoms with Crippen LogP contribution in [0.15, 0.2) is 0 Å². The van der Waals surface area contributed by atoms with Crippen molar-refractivity contribution >= 4 is 11.8 Å². The Kier molecular flexibility index (Phi) is 2.24. The van der Waals surface area contributed by atoms with Crippen molar-refractivity contribution in [3.63, 3.8) is 0 Å². The van der Waals surface area contributed by atoms with Gasteiger partial charge in [-0.2, -0.15) is 0 Å². The maximum absolute atomic E-state index is 10.9. The Bertz CT molecular complexity index is 187. The second kappa shape index (κ2) is 3.00. The van der Waals surface area contributed by atoms with Crippen LogP contribution in [0, 0.1) is 0 Å². The summed E-state index contributed by atoms with van der Waals surface area (Å²) < 4.78 is 9.67. The second-order valence-electron chi connectivity index (χ2n) is 2.51. The molecular weight excluding hydrogens is 148 g/mol. The van der Waals surface area contributed by atoms with Crippen LogP contribution in [0.1, 0.15) is 13.8 Å². The van der Waals surface area contributed by atoms with Crippen molar-refractivity contribution in [2.24, 2.45) is 0 Å². The van der Waals surface area contributed by atoms with Gasteiger partial charge in [-0.25, -0.2) is 0 Å². The predicted molar refractivity (Wildman–Crippen MR) is 36.0 cm³/mol. The Morgan fingerprint density at radius 1 is 1.73 bits per heavy atom. The van der Waals surface area contributed by atoms with Crippen LogP contribution in [-0.4, -0.2) is 30.6 Å². The van der Waals surface area contributed by atoms with Gasteiger partial charge in [0, 0.05) is 6.92 Å². The normalized spacial score (nSPS) is 30.5. The van der Waals surface area contributed by atoms with Crippen LogP contribution in [0.25, 0.3) is 0 Å². The van der Waals surface area contributed by atoms with E-state index in [1.165, 1.54) is 6.92 Å². The largest absolute Gasteiger partial charge is 0.452 e. The minimum Gasteiger partial charge on any atom is -0.452 e. The maximum atomic E-state index is 10.9. The molecule has 0 unspecified atom stereocenters. The molecule has 0 aromatic carbocycles. The van der Waals surface area contributed by atoms with E-state index in [0.29, 0.717) is 0 Å². The molecule has 1 rings (SSSR count). The molecule has 0 N–H and O–H groups in total. The van der Waals surface area contributed by atoms with Crippen molar-refractivity contribution in [1.29, 1.82) is 0 Å². The van der Waals surface area contributed by atoms with Crippen molar-refractivity contribution < 1.29 is 19.1 Å². The Morgan fingerprint density at radius 3 is 2.73 bits per heavy atom. The van der Waals surface area contributed by atoms with Gasteiger partial charge in [-0.1, -0.05) is 0 Å². The molecule has 2 atom stereocenters. The fourth-order valence-electron chi connectivity index (χ4n) is 0.985. The monoisotopic (exact) mass is 158 g/mol. The van der Waals surface area contributed by atoms with Crippen molar-refractivity contribution in [2.75, 3.05) is 6.61 Å². The summed E-state index contributed by atoms with van der Waals surface area (Å²) in [6.07, 6.45) is -0.987. The van der Waals surface area contributed by atoms with Crippen LogP contribution in [0.3, 0.4) is 0 Å². The van der Waals surface area contributed by atoms with E-state index in [1.807, 2.05) is 0 Å². The molecule has 4 heteroatoms. The summed E-state index contributed by atoms with van der Waals surface area (Å²) >= 11 is 0. The molecule has 1 saturated heterocycles. The highest BCUT2D eigenvalue weighted by Gasteiger charge is 2.35. The number of esters is 1. The molecule has 1 fully saturated rings. The molecule has 0 aromatic rings. The lowest BCUT2D eigenvalue weighted by Crippen LogP contribution is -2.29. The fraction of sp³-hybridized carbons (Fsp3) is 0.714. The van der Waals surface area contributed by atoms with Crippen molar-refractivity contribution in [3.8, 4) is 0 Å². The molecule has 11 heavy (non-hydrogen) atoms. The first-order valence-electron chi connectivity index (χ1n) is 3.43. The molecule has 0 radical (unpaired) electrons. The van der Waals surface area contributed by atoms with Crippen LogP contribution >= 0.6 is 0 Å². The zero-order valence-electron chi connectivity index (χ0n) is 6.49. The molecule has 4 nitrogen and oxygen atoms in total. The van der Waals surface area contributed by atoms with Gasteiger partial charge in [0.05, 0.1) is 6.10 Å². The summed E-state index contributed by atoms with van der Waals surface area (Å²) in [5.41, 5.74) is 0. The van der Waals surface area contributed by atoms with Crippen LogP contribution < -0.4 is 0 Å². The molecule has 0 aliphatic carbocycles. The number of ketones is 1. The predicted octanol–water partition coefficient (Wildman–Crippen LogP) is -0.0941. The van der Waals surface area contributed by atoms with E-state index < -0.39 is 12.1 Å². The summed E-state index contributed by atoms with van der Waals surface area (Å²) in [6.45, 7) is 3.04. The van der Waals surface area contributed by atoms with E-state index >= 15 is 0 Å². The van der Waals surface area contributed by atoms with E-state index in [4.69, 9.17) is 9.47 Å². The van der Waals surface area contributed by atoms with Gasteiger partial charge in [0.1, 0.15) is 6.61 Å². The minimum absolute atomic E-state index is 0.0547. The molecule has 1 aliphatic rings. The first-order chi connectivity index (χ1) is 5.11. The quantitative estimate of drug-likeness (QED) is 0.500. The molecule has 0 aromatic heterocycles. The van der Waals surface area contributed by atoms with Gasteiger partial charge in [0.15, 0.2) is 6.10 Å². The average molecular weight is 158 g/mol. The highest BCUT2D eigenvalue weighted by atomic mass is 16.6. The zero-order chi connectivity index (χ0) is 8.43. The third-order valence-corrected chi connectivity index (χ3v) is 1.53. The van der Waals surface area contributed by atoms with Crippen molar-refractivity contribution in [2.45, 2.75) is 26.1 Å². The molecule has 1 aliphatic heterocycles. The standard InChI is InChI=1S/C7H10O4/c1-4-7(11-5(2)8)6(9)3-10-4/h4,7H,3H2,1-2H3/t4-,7-/m1/s1. The van der Waals surface area contributed by atoms with Gasteiger partial charge in [0.2, 0.25) is 5.78 Å². The zero-order valence-corrected chi connectivity index (χ0v) is 6.49. The summed E-state index contributed by atoms with van der Waals surface area (Å²) in [5.74, 6) is -0.603. The molecule has 62 valence electrons. The van der Waals surface area contributed by atoms with E-state index in [0.717, 1.165) is 0 Å². The van der Waals surface area contributed by atoms with Crippen LogP contribution in [0.4, 0.5) is 0 Å². The molecule has 0 amide bonds. The lowest BCUT2D eigenvalue weighted by molar-refractivity contribution is -0.152. The average Bonchev–Trinajstić information content (AvgIpc) is 2.18. The highest BCUT2D eigenvalue weighted by Crippen LogP contribution is 2.13. The lowest BCUT2D eigenvalue weighted by atomic mass is 10.2. The Hall–Kier alpha value is -0.900. The van der Waals surface area contributed by atoms with Gasteiger partial charge < -0.3 is 9.47 Å². The molecule has 1 heterocycles. The summed E-state index contributed by atoms with van der Waals surface area (Å²) in [6, 6.07) is 0. The summed E-state index contributed by atoms with van der Waals surface area (Å²) in [4.78, 5) is 21.4. The number of carbonyl (C=O) groups excluding carboxylic acids is 2. The first-order valence-corrected chi connectivity index (χ1v) is 3.43. The number of carbonyl (C=O) groups is 2. The first kappa shape index (κ1) is 8.20. The number of hydrogen-bond acceptors (Lipinski definition) is 4. The van der Waals surface area contributed by atoms with E-state index in [-0.39, 0.29) is 18.5 Å². The van der Waals surface area contributed by atoms with E-state index in [1.54, 1.807) is 6.92 Å². The molecule has 0 saturated carbocycles. The van der Waals surface area contributed by atoms with Crippen LogP contribution in [0.2, 0.25) is 0 Å². The van der Waals surface area contributed by atoms with Gasteiger partial charge in [-0.3, -0.25) is 9.59 Å². The van der Waals surface area contributed by atoms with Gasteiger partial charge in [-0.05, 0) is 6.92 Å². The Balaban J connectivity index is 2.54. The molecule has 0 bridgehead atoms. The maximum Gasteiger partial charge on any atom is 0.303 e. The Morgan fingerprint density at radius 2 is 2.36 bits per heavy atom. The second-order valence-corrected chi connectivity index (χ2v) is 2.51. The van der Waals surface area contributed by atoms with Gasteiger partial charge in [-0.15, -0.1) is 0 Å². The van der Waals surface area contributed by atoms with Crippen LogP contribution in [0.5, 0.6) is 0 Å². The smallest absolute Gasteiger partial charge is 0.303 e. The van der Waals surface area contributed by atoms with Crippen molar-refractivity contribution in [3.05, 3.63) is 0 Å². The summed E-state index contributed by atoms with van der Waals surface area (Å²) in [7, 11) is 0. The Labute approximate surface area is 64.5 Å².